The lowest BCUT2D eigenvalue weighted by atomic mass is 10.0. The lowest BCUT2D eigenvalue weighted by Gasteiger charge is -2.14. The van der Waals surface area contributed by atoms with Crippen LogP contribution in [0, 0.1) is 0 Å². The number of ether oxygens (including phenoxy) is 1. The normalized spacial score (nSPS) is 11.9. The number of benzene rings is 1. The van der Waals surface area contributed by atoms with Crippen molar-refractivity contribution in [2.24, 2.45) is 0 Å². The quantitative estimate of drug-likeness (QED) is 0.650. The first-order chi connectivity index (χ1) is 7.57. The molecule has 1 rings (SSSR count). The predicted octanol–water partition coefficient (Wildman–Crippen LogP) is 2.49. The van der Waals surface area contributed by atoms with Crippen LogP contribution in [0.2, 0.25) is 5.02 Å². The summed E-state index contributed by atoms with van der Waals surface area (Å²) in [5, 5.41) is 10.3. The van der Waals surface area contributed by atoms with Crippen molar-refractivity contribution < 1.29 is 14.6 Å². The zero-order chi connectivity index (χ0) is 12.1. The van der Waals surface area contributed by atoms with Gasteiger partial charge in [-0.25, -0.2) is 4.79 Å². The van der Waals surface area contributed by atoms with Crippen LogP contribution in [-0.2, 0) is 9.53 Å². The Labute approximate surface area is 99.3 Å². The van der Waals surface area contributed by atoms with Gasteiger partial charge < -0.3 is 9.84 Å². The second-order valence-corrected chi connectivity index (χ2v) is 3.58. The third kappa shape index (κ3) is 2.84. The Bertz CT molecular complexity index is 401. The molecule has 0 aromatic heterocycles. The van der Waals surface area contributed by atoms with Crippen LogP contribution in [0.3, 0.4) is 0 Å². The minimum absolute atomic E-state index is 0.0186. The van der Waals surface area contributed by atoms with E-state index in [-0.39, 0.29) is 12.2 Å². The van der Waals surface area contributed by atoms with E-state index in [2.05, 4.69) is 6.58 Å². The number of carbonyl (C=O) groups is 1. The molecule has 0 aliphatic carbocycles. The highest BCUT2D eigenvalue weighted by Gasteiger charge is 2.20. The van der Waals surface area contributed by atoms with Gasteiger partial charge in [0, 0.05) is 10.6 Å². The molecule has 0 fully saturated rings. The SMILES string of the molecule is C=C(C(=O)OCC)[C@H](O)c1ccccc1Cl. The zero-order valence-corrected chi connectivity index (χ0v) is 9.70. The Morgan fingerprint density at radius 2 is 2.19 bits per heavy atom. The van der Waals surface area contributed by atoms with E-state index in [4.69, 9.17) is 16.3 Å². The number of hydrogen-bond donors (Lipinski definition) is 1. The minimum atomic E-state index is -1.13. The lowest BCUT2D eigenvalue weighted by molar-refractivity contribution is -0.139. The fraction of sp³-hybridized carbons (Fsp3) is 0.250. The highest BCUT2D eigenvalue weighted by molar-refractivity contribution is 6.31. The summed E-state index contributed by atoms with van der Waals surface area (Å²) in [6, 6.07) is 6.74. The molecule has 0 radical (unpaired) electrons. The van der Waals surface area contributed by atoms with E-state index in [1.165, 1.54) is 0 Å². The first kappa shape index (κ1) is 12.7. The number of aliphatic hydroxyl groups is 1. The molecule has 0 saturated heterocycles. The van der Waals surface area contributed by atoms with Crippen molar-refractivity contribution >= 4 is 17.6 Å². The molecule has 86 valence electrons. The highest BCUT2D eigenvalue weighted by atomic mass is 35.5. The topological polar surface area (TPSA) is 46.5 Å². The molecule has 0 saturated carbocycles. The molecule has 4 heteroatoms. The summed E-state index contributed by atoms with van der Waals surface area (Å²) in [5.41, 5.74) is 0.428. The minimum Gasteiger partial charge on any atom is -0.463 e. The van der Waals surface area contributed by atoms with Gasteiger partial charge in [0.05, 0.1) is 12.2 Å². The molecule has 3 nitrogen and oxygen atoms in total. The van der Waals surface area contributed by atoms with Crippen LogP contribution in [0.25, 0.3) is 0 Å². The van der Waals surface area contributed by atoms with E-state index in [0.29, 0.717) is 10.6 Å². The predicted molar refractivity (Wildman–Crippen MR) is 62.2 cm³/mol. The Morgan fingerprint density at radius 3 is 2.75 bits per heavy atom. The van der Waals surface area contributed by atoms with Crippen LogP contribution in [0.4, 0.5) is 0 Å². The van der Waals surface area contributed by atoms with Gasteiger partial charge in [-0.15, -0.1) is 0 Å². The van der Waals surface area contributed by atoms with Gasteiger partial charge in [-0.3, -0.25) is 0 Å². The van der Waals surface area contributed by atoms with E-state index in [1.807, 2.05) is 0 Å². The van der Waals surface area contributed by atoms with Crippen LogP contribution in [0.5, 0.6) is 0 Å². The maximum absolute atomic E-state index is 11.3. The summed E-state index contributed by atoms with van der Waals surface area (Å²) in [6.07, 6.45) is -1.13. The molecular formula is C12H13ClO3. The van der Waals surface area contributed by atoms with Gasteiger partial charge in [-0.2, -0.15) is 0 Å². The number of esters is 1. The zero-order valence-electron chi connectivity index (χ0n) is 8.94. The van der Waals surface area contributed by atoms with Crippen molar-refractivity contribution in [1.82, 2.24) is 0 Å². The smallest absolute Gasteiger partial charge is 0.336 e. The number of halogens is 1. The van der Waals surface area contributed by atoms with E-state index in [1.54, 1.807) is 31.2 Å². The molecule has 0 heterocycles. The molecule has 0 aliphatic rings. The second-order valence-electron chi connectivity index (χ2n) is 3.17. The monoisotopic (exact) mass is 240 g/mol. The summed E-state index contributed by atoms with van der Waals surface area (Å²) in [6.45, 7) is 5.44. The van der Waals surface area contributed by atoms with Gasteiger partial charge in [0.15, 0.2) is 0 Å². The molecule has 0 spiro atoms. The van der Waals surface area contributed by atoms with Crippen molar-refractivity contribution in [3.63, 3.8) is 0 Å². The van der Waals surface area contributed by atoms with E-state index < -0.39 is 12.1 Å². The summed E-state index contributed by atoms with van der Waals surface area (Å²) >= 11 is 5.89. The van der Waals surface area contributed by atoms with Gasteiger partial charge in [0.25, 0.3) is 0 Å². The number of rotatable bonds is 4. The Balaban J connectivity index is 2.86. The summed E-state index contributed by atoms with van der Waals surface area (Å²) in [4.78, 5) is 11.3. The van der Waals surface area contributed by atoms with Gasteiger partial charge >= 0.3 is 5.97 Å². The van der Waals surface area contributed by atoms with Crippen LogP contribution in [-0.4, -0.2) is 17.7 Å². The fourth-order valence-corrected chi connectivity index (χ4v) is 1.46. The maximum Gasteiger partial charge on any atom is 0.336 e. The van der Waals surface area contributed by atoms with E-state index in [0.717, 1.165) is 0 Å². The average molecular weight is 241 g/mol. The average Bonchev–Trinajstić information content (AvgIpc) is 2.28. The summed E-state index contributed by atoms with van der Waals surface area (Å²) < 4.78 is 4.74. The standard InChI is InChI=1S/C12H13ClO3/c1-3-16-12(15)8(2)11(14)9-6-4-5-7-10(9)13/h4-7,11,14H,2-3H2,1H3/t11-/m0/s1. The van der Waals surface area contributed by atoms with E-state index >= 15 is 0 Å². The molecule has 0 unspecified atom stereocenters. The molecular weight excluding hydrogens is 228 g/mol. The van der Waals surface area contributed by atoms with Crippen LogP contribution >= 0.6 is 11.6 Å². The van der Waals surface area contributed by atoms with Crippen LogP contribution in [0.15, 0.2) is 36.4 Å². The Morgan fingerprint density at radius 1 is 1.56 bits per heavy atom. The molecule has 1 aromatic rings. The molecule has 0 amide bonds. The third-order valence-electron chi connectivity index (χ3n) is 2.07. The number of hydrogen-bond acceptors (Lipinski definition) is 3. The van der Waals surface area contributed by atoms with Crippen molar-refractivity contribution in [3.8, 4) is 0 Å². The Kier molecular flexibility index (Phi) is 4.52. The second kappa shape index (κ2) is 5.68. The molecule has 16 heavy (non-hydrogen) atoms. The van der Waals surface area contributed by atoms with Gasteiger partial charge in [0.2, 0.25) is 0 Å². The number of aliphatic hydroxyl groups excluding tert-OH is 1. The van der Waals surface area contributed by atoms with Crippen LogP contribution < -0.4 is 0 Å². The first-order valence-electron chi connectivity index (χ1n) is 4.86. The summed E-state index contributed by atoms with van der Waals surface area (Å²) in [5.74, 6) is -0.616. The van der Waals surface area contributed by atoms with Crippen molar-refractivity contribution in [2.45, 2.75) is 13.0 Å². The van der Waals surface area contributed by atoms with Gasteiger partial charge in [-0.05, 0) is 13.0 Å². The number of carbonyl (C=O) groups excluding carboxylic acids is 1. The van der Waals surface area contributed by atoms with E-state index in [9.17, 15) is 9.90 Å². The lowest BCUT2D eigenvalue weighted by Crippen LogP contribution is -2.13. The van der Waals surface area contributed by atoms with Crippen molar-refractivity contribution in [1.29, 1.82) is 0 Å². The molecule has 1 aromatic carbocycles. The molecule has 1 atom stereocenters. The first-order valence-corrected chi connectivity index (χ1v) is 5.24. The molecule has 0 bridgehead atoms. The van der Waals surface area contributed by atoms with Crippen LogP contribution in [0.1, 0.15) is 18.6 Å². The highest BCUT2D eigenvalue weighted by Crippen LogP contribution is 2.27. The maximum atomic E-state index is 11.3. The fourth-order valence-electron chi connectivity index (χ4n) is 1.22. The summed E-state index contributed by atoms with van der Waals surface area (Å²) in [7, 11) is 0. The Hall–Kier alpha value is -1.32. The molecule has 1 N–H and O–H groups in total. The van der Waals surface area contributed by atoms with Gasteiger partial charge in [0.1, 0.15) is 6.10 Å². The largest absolute Gasteiger partial charge is 0.463 e. The van der Waals surface area contributed by atoms with Crippen molar-refractivity contribution in [3.05, 3.63) is 47.0 Å². The third-order valence-corrected chi connectivity index (χ3v) is 2.41. The van der Waals surface area contributed by atoms with Crippen molar-refractivity contribution in [2.75, 3.05) is 6.61 Å². The molecule has 0 aliphatic heterocycles. The van der Waals surface area contributed by atoms with Gasteiger partial charge in [-0.1, -0.05) is 36.4 Å².